The number of aromatic nitrogens is 4. The van der Waals surface area contributed by atoms with Gasteiger partial charge in [-0.2, -0.15) is 5.26 Å². The molecule has 2 aromatic heterocycles. The zero-order valence-electron chi connectivity index (χ0n) is 22.4. The number of nitrogens with zero attached hydrogens (tertiary/aromatic N) is 5. The van der Waals surface area contributed by atoms with Crippen LogP contribution in [-0.2, 0) is 5.44 Å². The third-order valence-electron chi connectivity index (χ3n) is 7.45. The Morgan fingerprint density at radius 2 is 1.88 bits per heavy atom. The van der Waals surface area contributed by atoms with Gasteiger partial charge in [-0.1, -0.05) is 54.6 Å². The molecule has 2 N–H and O–H groups in total. The van der Waals surface area contributed by atoms with Crippen molar-refractivity contribution in [2.24, 2.45) is 0 Å². The molecule has 2 atom stereocenters. The summed E-state index contributed by atoms with van der Waals surface area (Å²) in [5.41, 5.74) is 1.68. The zero-order chi connectivity index (χ0) is 28.6. The molecule has 1 aliphatic rings. The standard InChI is InChI=1S/C31H26BF2N7/c1-2-27(19-6-4-3-5-7-19)37-29-20(16-35)17-36-30-25(29)14-23(15-26(30)34)38-31(32,21-8-10-22(33)11-9-21)28-18-41(40-39-28)24-12-13-24/h3-11,14-15,17-18,24,27,38H,2,12-13H2,1H3,(H,36,37)/t27-,31?/m1/s1. The number of pyridine rings is 1. The van der Waals surface area contributed by atoms with E-state index in [9.17, 15) is 9.65 Å². The molecule has 1 fully saturated rings. The number of hydrogen-bond donors (Lipinski definition) is 2. The van der Waals surface area contributed by atoms with Crippen LogP contribution in [0.4, 0.5) is 20.2 Å². The monoisotopic (exact) mass is 545 g/mol. The van der Waals surface area contributed by atoms with Gasteiger partial charge in [0.15, 0.2) is 5.82 Å². The quantitative estimate of drug-likeness (QED) is 0.210. The average molecular weight is 545 g/mol. The van der Waals surface area contributed by atoms with E-state index in [1.165, 1.54) is 24.4 Å². The van der Waals surface area contributed by atoms with E-state index in [4.69, 9.17) is 7.85 Å². The number of anilines is 2. The molecule has 0 amide bonds. The highest BCUT2D eigenvalue weighted by Gasteiger charge is 2.34. The topological polar surface area (TPSA) is 91.5 Å². The lowest BCUT2D eigenvalue weighted by Crippen LogP contribution is -2.38. The fourth-order valence-electron chi connectivity index (χ4n) is 5.05. The second-order valence-electron chi connectivity index (χ2n) is 10.3. The minimum absolute atomic E-state index is 0.115. The van der Waals surface area contributed by atoms with Gasteiger partial charge in [-0.05, 0) is 54.7 Å². The van der Waals surface area contributed by atoms with Gasteiger partial charge in [-0.15, -0.1) is 5.10 Å². The summed E-state index contributed by atoms with van der Waals surface area (Å²) < 4.78 is 31.2. The lowest BCUT2D eigenvalue weighted by atomic mass is 9.69. The van der Waals surface area contributed by atoms with E-state index in [1.54, 1.807) is 29.1 Å². The Morgan fingerprint density at radius 3 is 2.56 bits per heavy atom. The first-order chi connectivity index (χ1) is 19.9. The number of nitriles is 1. The molecule has 2 heterocycles. The molecule has 0 saturated heterocycles. The molecule has 1 aliphatic carbocycles. The van der Waals surface area contributed by atoms with E-state index < -0.39 is 17.1 Å². The van der Waals surface area contributed by atoms with Crippen molar-refractivity contribution in [2.45, 2.75) is 43.7 Å². The number of nitrogens with one attached hydrogen (secondary N) is 2. The Labute approximate surface area is 237 Å². The van der Waals surface area contributed by atoms with Gasteiger partial charge in [0, 0.05) is 17.3 Å². The molecule has 7 nitrogen and oxygen atoms in total. The van der Waals surface area contributed by atoms with Crippen molar-refractivity contribution < 1.29 is 8.78 Å². The lowest BCUT2D eigenvalue weighted by molar-refractivity contribution is 0.610. The van der Waals surface area contributed by atoms with Crippen LogP contribution in [0.3, 0.4) is 0 Å². The lowest BCUT2D eigenvalue weighted by Gasteiger charge is -2.32. The molecular formula is C31H26BF2N7. The summed E-state index contributed by atoms with van der Waals surface area (Å²) in [6.45, 7) is 2.04. The minimum Gasteiger partial charge on any atom is -0.378 e. The van der Waals surface area contributed by atoms with E-state index in [2.05, 4.69) is 32.0 Å². The SMILES string of the molecule is [B]C(Nc1cc(F)c2ncc(C#N)c(N[C@H](CC)c3ccccc3)c2c1)(c1ccc(F)cc1)c1cn(C2CC2)nn1. The maximum Gasteiger partial charge on any atom is 0.151 e. The Bertz CT molecular complexity index is 1750. The zero-order valence-corrected chi connectivity index (χ0v) is 22.4. The number of halogens is 2. The van der Waals surface area contributed by atoms with Gasteiger partial charge in [0.25, 0.3) is 0 Å². The van der Waals surface area contributed by atoms with Gasteiger partial charge in [0.2, 0.25) is 0 Å². The largest absolute Gasteiger partial charge is 0.378 e. The molecule has 6 rings (SSSR count). The van der Waals surface area contributed by atoms with Crippen LogP contribution in [0.15, 0.2) is 79.1 Å². The highest BCUT2D eigenvalue weighted by Crippen LogP contribution is 2.38. The van der Waals surface area contributed by atoms with E-state index in [0.29, 0.717) is 28.0 Å². The van der Waals surface area contributed by atoms with Crippen molar-refractivity contribution in [1.82, 2.24) is 20.0 Å². The molecule has 5 aromatic rings. The van der Waals surface area contributed by atoms with E-state index in [1.807, 2.05) is 37.3 Å². The van der Waals surface area contributed by atoms with Crippen molar-refractivity contribution in [2.75, 3.05) is 10.6 Å². The summed E-state index contributed by atoms with van der Waals surface area (Å²) in [6, 6.07) is 20.9. The molecule has 0 bridgehead atoms. The second-order valence-corrected chi connectivity index (χ2v) is 10.3. The second kappa shape index (κ2) is 10.7. The van der Waals surface area contributed by atoms with Gasteiger partial charge < -0.3 is 10.6 Å². The van der Waals surface area contributed by atoms with Gasteiger partial charge >= 0.3 is 0 Å². The summed E-state index contributed by atoms with van der Waals surface area (Å²) in [7, 11) is 6.97. The predicted molar refractivity (Wildman–Crippen MR) is 154 cm³/mol. The van der Waals surface area contributed by atoms with Crippen LogP contribution in [0.5, 0.6) is 0 Å². The van der Waals surface area contributed by atoms with Gasteiger partial charge in [-0.25, -0.2) is 13.5 Å². The van der Waals surface area contributed by atoms with Crippen molar-refractivity contribution in [1.29, 1.82) is 5.26 Å². The summed E-state index contributed by atoms with van der Waals surface area (Å²) in [4.78, 5) is 4.25. The van der Waals surface area contributed by atoms with Crippen LogP contribution in [0.1, 0.15) is 60.7 Å². The normalized spacial score (nSPS) is 15.2. The van der Waals surface area contributed by atoms with Crippen LogP contribution < -0.4 is 10.6 Å². The summed E-state index contributed by atoms with van der Waals surface area (Å²) in [5, 5.41) is 25.6. The Morgan fingerprint density at radius 1 is 1.12 bits per heavy atom. The molecule has 10 heteroatoms. The minimum atomic E-state index is -1.47. The maximum atomic E-state index is 15.6. The highest BCUT2D eigenvalue weighted by atomic mass is 19.1. The highest BCUT2D eigenvalue weighted by molar-refractivity contribution is 6.19. The van der Waals surface area contributed by atoms with Crippen molar-refractivity contribution in [3.8, 4) is 6.07 Å². The first kappa shape index (κ1) is 26.4. The molecule has 1 saturated carbocycles. The first-order valence-electron chi connectivity index (χ1n) is 13.5. The third kappa shape index (κ3) is 5.11. The third-order valence-corrected chi connectivity index (χ3v) is 7.45. The van der Waals surface area contributed by atoms with Crippen LogP contribution in [0.25, 0.3) is 10.9 Å². The van der Waals surface area contributed by atoms with Crippen LogP contribution in [-0.4, -0.2) is 27.8 Å². The molecular weight excluding hydrogens is 519 g/mol. The molecule has 3 aromatic carbocycles. The first-order valence-corrected chi connectivity index (χ1v) is 13.5. The van der Waals surface area contributed by atoms with Crippen LogP contribution in [0, 0.1) is 23.0 Å². The van der Waals surface area contributed by atoms with E-state index in [0.717, 1.165) is 24.8 Å². The molecule has 2 radical (unpaired) electrons. The number of fused-ring (bicyclic) bond motifs is 1. The van der Waals surface area contributed by atoms with E-state index in [-0.39, 0.29) is 23.2 Å². The van der Waals surface area contributed by atoms with Crippen LogP contribution in [0.2, 0.25) is 0 Å². The molecule has 41 heavy (non-hydrogen) atoms. The van der Waals surface area contributed by atoms with Crippen molar-refractivity contribution >= 4 is 30.1 Å². The fourth-order valence-corrected chi connectivity index (χ4v) is 5.05. The Balaban J connectivity index is 1.46. The van der Waals surface area contributed by atoms with Gasteiger partial charge in [0.1, 0.15) is 30.9 Å². The Kier molecular flexibility index (Phi) is 6.87. The molecule has 0 aliphatic heterocycles. The Hall–Kier alpha value is -4.78. The number of rotatable bonds is 9. The summed E-state index contributed by atoms with van der Waals surface area (Å²) >= 11 is 0. The van der Waals surface area contributed by atoms with Crippen molar-refractivity contribution in [3.63, 3.8) is 0 Å². The summed E-state index contributed by atoms with van der Waals surface area (Å²) in [5.74, 6) is -1.00. The molecule has 1 unspecified atom stereocenters. The van der Waals surface area contributed by atoms with Gasteiger partial charge in [0.05, 0.1) is 35.0 Å². The fraction of sp³-hybridized carbons (Fsp3) is 0.226. The number of hydrogen-bond acceptors (Lipinski definition) is 6. The molecule has 0 spiro atoms. The predicted octanol–water partition coefficient (Wildman–Crippen LogP) is 6.36. The summed E-state index contributed by atoms with van der Waals surface area (Å²) in [6.07, 6.45) is 5.88. The van der Waals surface area contributed by atoms with E-state index >= 15 is 4.39 Å². The number of benzene rings is 3. The maximum absolute atomic E-state index is 15.6. The molecule has 202 valence electrons. The van der Waals surface area contributed by atoms with Crippen LogP contribution >= 0.6 is 0 Å². The average Bonchev–Trinajstić information content (AvgIpc) is 3.72. The van der Waals surface area contributed by atoms with Gasteiger partial charge in [-0.3, -0.25) is 4.98 Å². The smallest absolute Gasteiger partial charge is 0.151 e. The van der Waals surface area contributed by atoms with Crippen molar-refractivity contribution in [3.05, 3.63) is 113 Å².